The largest absolute Gasteiger partial charge is 0.513 e. The molecule has 123 heavy (non-hydrogen) atoms. The van der Waals surface area contributed by atoms with E-state index in [0.29, 0.717) is 56.3 Å². The van der Waals surface area contributed by atoms with Crippen molar-refractivity contribution in [3.63, 3.8) is 0 Å². The molecule has 0 amide bonds. The molecule has 2 saturated heterocycles. The van der Waals surface area contributed by atoms with Gasteiger partial charge in [-0.2, -0.15) is 0 Å². The van der Waals surface area contributed by atoms with E-state index in [1.807, 2.05) is 0 Å². The zero-order valence-electron chi connectivity index (χ0n) is 67.4. The van der Waals surface area contributed by atoms with Crippen LogP contribution in [0, 0.1) is 12.8 Å². The Balaban J connectivity index is 0.000000309. The summed E-state index contributed by atoms with van der Waals surface area (Å²) in [7, 11) is 1.18. The number of fused-ring (bicyclic) bond motifs is 1. The Bertz CT molecular complexity index is 4780. The van der Waals surface area contributed by atoms with Gasteiger partial charge in [0.05, 0.1) is 100 Å². The Kier molecular flexibility index (Phi) is 40.1. The highest BCUT2D eigenvalue weighted by Gasteiger charge is 2.50. The molecule has 2 fully saturated rings. The topological polar surface area (TPSA) is 414 Å². The van der Waals surface area contributed by atoms with Gasteiger partial charge in [0.2, 0.25) is 0 Å². The van der Waals surface area contributed by atoms with Gasteiger partial charge >= 0.3 is 78.3 Å². The first-order chi connectivity index (χ1) is 59.4. The highest BCUT2D eigenvalue weighted by molar-refractivity contribution is 5.97. The molecule has 0 radical (unpaired) electrons. The lowest BCUT2D eigenvalue weighted by molar-refractivity contribution is -0.138. The summed E-state index contributed by atoms with van der Waals surface area (Å²) in [5, 5.41) is 0. The van der Waals surface area contributed by atoms with Gasteiger partial charge in [0.15, 0.2) is 11.9 Å². The van der Waals surface area contributed by atoms with Crippen LogP contribution in [-0.4, -0.2) is 169 Å². The van der Waals surface area contributed by atoms with Crippen LogP contribution in [0.1, 0.15) is 139 Å². The van der Waals surface area contributed by atoms with Crippen molar-refractivity contribution < 1.29 is 157 Å². The number of benzene rings is 7. The predicted molar refractivity (Wildman–Crippen MR) is 432 cm³/mol. The number of hydrogen-bond donors (Lipinski definition) is 0. The van der Waals surface area contributed by atoms with Crippen molar-refractivity contribution in [2.45, 2.75) is 96.4 Å². The van der Waals surface area contributed by atoms with E-state index in [9.17, 15) is 67.1 Å². The maximum absolute atomic E-state index is 13.2. The number of rotatable bonds is 40. The van der Waals surface area contributed by atoms with E-state index in [1.54, 1.807) is 19.1 Å². The van der Waals surface area contributed by atoms with E-state index < -0.39 is 90.7 Å². The van der Waals surface area contributed by atoms with Crippen LogP contribution in [0.2, 0.25) is 0 Å². The molecule has 4 atom stereocenters. The molecule has 7 aromatic carbocycles. The molecule has 2 aliphatic heterocycles. The molecule has 33 nitrogen and oxygen atoms in total. The third-order valence-electron chi connectivity index (χ3n) is 17.1. The molecule has 2 heterocycles. The average Bonchev–Trinajstić information content (AvgIpc) is 1.64. The molecule has 648 valence electrons. The number of carbonyl (C=O) groups is 14. The van der Waals surface area contributed by atoms with Gasteiger partial charge in [0, 0.05) is 42.2 Å². The number of methoxy groups -OCH3 is 1. The van der Waals surface area contributed by atoms with E-state index in [4.69, 9.17) is 85.3 Å². The van der Waals surface area contributed by atoms with Crippen LogP contribution in [0.25, 0.3) is 0 Å². The van der Waals surface area contributed by atoms with Gasteiger partial charge in [-0.15, -0.1) is 0 Å². The summed E-state index contributed by atoms with van der Waals surface area (Å²) in [6.45, 7) is 18.5. The number of ketones is 1. The van der Waals surface area contributed by atoms with Crippen LogP contribution < -0.4 is 37.9 Å². The van der Waals surface area contributed by atoms with Gasteiger partial charge in [-0.1, -0.05) is 46.1 Å². The lowest BCUT2D eigenvalue weighted by atomic mass is 9.93. The molecule has 0 N–H and O–H groups in total. The fraction of sp³-hybridized carbons (Fsp3) is 0.289. The highest BCUT2D eigenvalue weighted by atomic mass is 16.7. The number of carbonyl (C=O) groups excluding carboxylic acids is 14. The quantitative estimate of drug-likeness (QED) is 0.00654. The van der Waals surface area contributed by atoms with Crippen molar-refractivity contribution in [1.82, 2.24) is 0 Å². The van der Waals surface area contributed by atoms with Crippen molar-refractivity contribution in [1.29, 1.82) is 0 Å². The van der Waals surface area contributed by atoms with Gasteiger partial charge in [-0.3, -0.25) is 4.79 Å². The normalized spacial score (nSPS) is 13.7. The minimum atomic E-state index is -0.934. The van der Waals surface area contributed by atoms with Crippen LogP contribution in [0.5, 0.6) is 46.0 Å². The maximum atomic E-state index is 13.2. The van der Waals surface area contributed by atoms with Crippen LogP contribution in [0.4, 0.5) is 19.2 Å². The zero-order chi connectivity index (χ0) is 88.8. The summed E-state index contributed by atoms with van der Waals surface area (Å²) in [6.07, 6.45) is 5.09. The molecule has 7 aromatic rings. The number of aryl methyl sites for hydroxylation is 1. The van der Waals surface area contributed by atoms with Crippen molar-refractivity contribution >= 4 is 84.1 Å². The van der Waals surface area contributed by atoms with Crippen molar-refractivity contribution in [2.24, 2.45) is 5.92 Å². The maximum Gasteiger partial charge on any atom is 0.513 e. The number of Topliss-reactive ketones (excluding diaryl/α,β-unsaturated/α-hetero) is 1. The molecule has 2 aliphatic rings. The summed E-state index contributed by atoms with van der Waals surface area (Å²) >= 11 is 0. The first kappa shape index (κ1) is 95.5. The predicted octanol–water partition coefficient (Wildman–Crippen LogP) is 14.9. The highest BCUT2D eigenvalue weighted by Crippen LogP contribution is 2.36. The van der Waals surface area contributed by atoms with Gasteiger partial charge in [0.25, 0.3) is 0 Å². The number of ether oxygens (including phenoxy) is 19. The molecular weight excluding hydrogens is 1610 g/mol. The Morgan fingerprint density at radius 2 is 0.626 bits per heavy atom. The lowest BCUT2D eigenvalue weighted by Crippen LogP contribution is -2.33. The molecule has 0 bridgehead atoms. The average molecular weight is 1700 g/mol. The zero-order valence-corrected chi connectivity index (χ0v) is 67.4. The van der Waals surface area contributed by atoms with Crippen LogP contribution in [0.3, 0.4) is 0 Å². The fourth-order valence-corrected chi connectivity index (χ4v) is 10.7. The molecule has 0 aliphatic carbocycles. The Morgan fingerprint density at radius 1 is 0.333 bits per heavy atom. The van der Waals surface area contributed by atoms with Crippen LogP contribution >= 0.6 is 0 Å². The van der Waals surface area contributed by atoms with E-state index in [0.717, 1.165) is 37.5 Å². The second kappa shape index (κ2) is 51.7. The van der Waals surface area contributed by atoms with E-state index in [1.165, 1.54) is 165 Å². The van der Waals surface area contributed by atoms with Gasteiger partial charge in [0.1, 0.15) is 52.1 Å². The summed E-state index contributed by atoms with van der Waals surface area (Å²) in [6, 6.07) is 38.9. The van der Waals surface area contributed by atoms with Crippen molar-refractivity contribution in [2.75, 3.05) is 66.6 Å². The Hall–Kier alpha value is -14.6. The van der Waals surface area contributed by atoms with Crippen molar-refractivity contribution in [3.05, 3.63) is 253 Å². The number of esters is 9. The third kappa shape index (κ3) is 34.0. The van der Waals surface area contributed by atoms with Crippen LogP contribution in [-0.2, 0) is 71.3 Å². The second-order valence-electron chi connectivity index (χ2n) is 26.0. The van der Waals surface area contributed by atoms with Gasteiger partial charge in [-0.25, -0.2) is 62.3 Å². The van der Waals surface area contributed by atoms with Crippen LogP contribution in [0.15, 0.2) is 214 Å². The monoisotopic (exact) mass is 1700 g/mol. The molecule has 33 heteroatoms. The van der Waals surface area contributed by atoms with Gasteiger partial charge in [-0.05, 0) is 221 Å². The van der Waals surface area contributed by atoms with E-state index in [-0.39, 0.29) is 151 Å². The Labute approximate surface area is 706 Å². The first-order valence-corrected chi connectivity index (χ1v) is 38.4. The second-order valence-corrected chi connectivity index (χ2v) is 26.0. The van der Waals surface area contributed by atoms with E-state index >= 15 is 0 Å². The first-order valence-electron chi connectivity index (χ1n) is 38.4. The number of hydrogen-bond acceptors (Lipinski definition) is 33. The van der Waals surface area contributed by atoms with Crippen molar-refractivity contribution in [3.8, 4) is 46.0 Å². The third-order valence-corrected chi connectivity index (χ3v) is 17.1. The lowest BCUT2D eigenvalue weighted by Gasteiger charge is -2.17. The summed E-state index contributed by atoms with van der Waals surface area (Å²) in [5.41, 5.74) is 1.85. The molecule has 9 rings (SSSR count). The summed E-state index contributed by atoms with van der Waals surface area (Å²) in [4.78, 5) is 167. The van der Waals surface area contributed by atoms with E-state index in [2.05, 4.69) is 38.0 Å². The molecule has 0 saturated carbocycles. The molecule has 0 aromatic heterocycles. The molecule has 0 spiro atoms. The standard InChI is InChI=1S/C45H40O17.C37H36O14.C8H14O2/c1-3-38(47)54-22-4-5-23-55-45(52)61-35-20-12-29(13-21-35)42(49)59-33-16-8-30(9-17-33)43(50)62-37-26-57-39-31(25-56-40(37)39)24-36(46)27-6-14-32(15-7-27)58-41(48)28-10-18-34(19-11-28)60-44(51)53-2;1-4-32(38)44-20-6-8-22-46-36(42)49-28-14-10-26(11-15-28)34(40)48-30-18-19-31(25(3)24-30)51-35(41)27-12-16-29(17-13-27)50-37(43)47-23-9-7-21-45-33(39)5-2;1-3-5-6-7-10-8(9)4-2/h3,6-21,31,37,39-40H,1,4-5,22-26H2,2H3;4-5,10-19,24H,1-2,6-9,20-23H2,3H3;4H,2-3,5-7H2,1H3/t31-,37+,39?,40?;;/m1../s1. The minimum absolute atomic E-state index is 0.0583. The molecular formula is C90H90O33. The Morgan fingerprint density at radius 3 is 0.967 bits per heavy atom. The smallest absolute Gasteiger partial charge is 0.463 e. The summed E-state index contributed by atoms with van der Waals surface area (Å²) in [5.74, 6) is -4.27. The fourth-order valence-electron chi connectivity index (χ4n) is 10.7. The summed E-state index contributed by atoms with van der Waals surface area (Å²) < 4.78 is 98.1. The molecule has 2 unspecified atom stereocenters. The minimum Gasteiger partial charge on any atom is -0.463 e. The van der Waals surface area contributed by atoms with Gasteiger partial charge < -0.3 is 90.0 Å². The SMILES string of the molecule is C=CC(=O)OCCCCC.C=CC(=O)OCCCCOC(=O)Oc1ccc(C(=O)Oc2ccc(C(=O)O[C@H]3COC4C3OC[C@H]4CC(=O)c3ccc(OC(=O)c4ccc(OC(=O)OC)cc4)cc3)cc2)cc1.C=CC(=O)OCCCCOC(=O)Oc1ccc(C(=O)Oc2ccc(OC(=O)c3ccc(OC(=O)OCCCCOC(=O)C=C)cc3)c(C)c2)cc1. The number of unbranched alkanes of at least 4 members (excludes halogenated alkanes) is 5.